The molecule has 2 aliphatic heterocycles. The molecule has 0 saturated carbocycles. The fourth-order valence-corrected chi connectivity index (χ4v) is 3.14. The summed E-state index contributed by atoms with van der Waals surface area (Å²) in [6.07, 6.45) is 0. The van der Waals surface area contributed by atoms with E-state index < -0.39 is 0 Å². The predicted octanol–water partition coefficient (Wildman–Crippen LogP) is 0.235. The molecule has 3 rings (SSSR count). The standard InChI is InChI=1S/C14H22N4/c15-1-3-17-7-11-5-13-9-18(4-2-16)10-14(13)6-12(11)8-17/h5-6H,1-4,7-10,15-16H2. The Morgan fingerprint density at radius 2 is 1.06 bits per heavy atom. The Morgan fingerprint density at radius 3 is 1.33 bits per heavy atom. The lowest BCUT2D eigenvalue weighted by molar-refractivity contribution is 0.288. The summed E-state index contributed by atoms with van der Waals surface area (Å²) in [7, 11) is 0. The average Bonchev–Trinajstić information content (AvgIpc) is 2.88. The van der Waals surface area contributed by atoms with Crippen LogP contribution in [0.15, 0.2) is 12.1 Å². The third-order valence-corrected chi connectivity index (χ3v) is 3.99. The van der Waals surface area contributed by atoms with E-state index in [-0.39, 0.29) is 0 Å². The largest absolute Gasteiger partial charge is 0.329 e. The van der Waals surface area contributed by atoms with Gasteiger partial charge in [0.05, 0.1) is 0 Å². The first-order chi connectivity index (χ1) is 8.80. The Bertz CT molecular complexity index is 371. The van der Waals surface area contributed by atoms with Crippen LogP contribution in [0.4, 0.5) is 0 Å². The van der Waals surface area contributed by atoms with Crippen LogP contribution in [0.2, 0.25) is 0 Å². The van der Waals surface area contributed by atoms with Crippen molar-refractivity contribution in [2.75, 3.05) is 26.2 Å². The SMILES string of the molecule is NCCN1Cc2cc3c(cc2C1)CN(CCN)C3. The third kappa shape index (κ3) is 2.17. The van der Waals surface area contributed by atoms with Gasteiger partial charge in [0.1, 0.15) is 0 Å². The van der Waals surface area contributed by atoms with Gasteiger partial charge in [-0.05, 0) is 22.3 Å². The van der Waals surface area contributed by atoms with Crippen LogP contribution in [0, 0.1) is 0 Å². The van der Waals surface area contributed by atoms with Crippen LogP contribution in [-0.4, -0.2) is 36.0 Å². The van der Waals surface area contributed by atoms with E-state index in [9.17, 15) is 0 Å². The Balaban J connectivity index is 1.76. The number of hydrogen-bond donors (Lipinski definition) is 2. The fraction of sp³-hybridized carbons (Fsp3) is 0.571. The van der Waals surface area contributed by atoms with Crippen molar-refractivity contribution in [3.05, 3.63) is 34.4 Å². The second-order valence-corrected chi connectivity index (χ2v) is 5.39. The highest BCUT2D eigenvalue weighted by Gasteiger charge is 2.24. The molecule has 4 N–H and O–H groups in total. The maximum absolute atomic E-state index is 5.63. The summed E-state index contributed by atoms with van der Waals surface area (Å²) in [6.45, 7) is 7.76. The van der Waals surface area contributed by atoms with Crippen molar-refractivity contribution < 1.29 is 0 Å². The summed E-state index contributed by atoms with van der Waals surface area (Å²) < 4.78 is 0. The quantitative estimate of drug-likeness (QED) is 0.799. The first-order valence-corrected chi connectivity index (χ1v) is 6.78. The maximum atomic E-state index is 5.63. The van der Waals surface area contributed by atoms with Gasteiger partial charge in [-0.2, -0.15) is 0 Å². The van der Waals surface area contributed by atoms with Gasteiger partial charge in [-0.15, -0.1) is 0 Å². The number of hydrogen-bond acceptors (Lipinski definition) is 4. The molecule has 0 radical (unpaired) electrons. The zero-order chi connectivity index (χ0) is 12.5. The minimum Gasteiger partial charge on any atom is -0.329 e. The normalized spacial score (nSPS) is 19.2. The van der Waals surface area contributed by atoms with Gasteiger partial charge >= 0.3 is 0 Å². The number of rotatable bonds is 4. The molecule has 0 amide bonds. The van der Waals surface area contributed by atoms with Gasteiger partial charge < -0.3 is 11.5 Å². The summed E-state index contributed by atoms with van der Waals surface area (Å²) in [5.41, 5.74) is 17.3. The second-order valence-electron chi connectivity index (χ2n) is 5.39. The first-order valence-electron chi connectivity index (χ1n) is 6.78. The van der Waals surface area contributed by atoms with Crippen LogP contribution in [0.1, 0.15) is 22.3 Å². The van der Waals surface area contributed by atoms with E-state index in [0.29, 0.717) is 0 Å². The molecule has 0 saturated heterocycles. The molecule has 98 valence electrons. The molecule has 2 heterocycles. The van der Waals surface area contributed by atoms with Crippen molar-refractivity contribution in [1.29, 1.82) is 0 Å². The Labute approximate surface area is 109 Å². The zero-order valence-electron chi connectivity index (χ0n) is 10.9. The van der Waals surface area contributed by atoms with Gasteiger partial charge in [0.2, 0.25) is 0 Å². The molecule has 0 fully saturated rings. The van der Waals surface area contributed by atoms with E-state index in [2.05, 4.69) is 21.9 Å². The number of benzene rings is 1. The highest BCUT2D eigenvalue weighted by molar-refractivity contribution is 5.42. The van der Waals surface area contributed by atoms with Gasteiger partial charge in [-0.1, -0.05) is 12.1 Å². The van der Waals surface area contributed by atoms with Crippen molar-refractivity contribution in [2.24, 2.45) is 11.5 Å². The molecule has 0 aromatic heterocycles. The van der Waals surface area contributed by atoms with Crippen molar-refractivity contribution in [3.8, 4) is 0 Å². The van der Waals surface area contributed by atoms with Gasteiger partial charge in [-0.25, -0.2) is 0 Å². The molecule has 0 atom stereocenters. The molecule has 1 aromatic carbocycles. The molecule has 2 aliphatic rings. The van der Waals surface area contributed by atoms with Gasteiger partial charge in [0.25, 0.3) is 0 Å². The van der Waals surface area contributed by atoms with Crippen LogP contribution in [0.3, 0.4) is 0 Å². The van der Waals surface area contributed by atoms with Crippen LogP contribution < -0.4 is 11.5 Å². The van der Waals surface area contributed by atoms with Crippen LogP contribution in [0.25, 0.3) is 0 Å². The molecular weight excluding hydrogens is 224 g/mol. The lowest BCUT2D eigenvalue weighted by Crippen LogP contribution is -2.24. The van der Waals surface area contributed by atoms with E-state index in [1.807, 2.05) is 0 Å². The fourth-order valence-electron chi connectivity index (χ4n) is 3.14. The Morgan fingerprint density at radius 1 is 0.722 bits per heavy atom. The molecule has 18 heavy (non-hydrogen) atoms. The predicted molar refractivity (Wildman–Crippen MR) is 72.8 cm³/mol. The molecule has 0 bridgehead atoms. The van der Waals surface area contributed by atoms with Gasteiger partial charge in [0, 0.05) is 52.4 Å². The number of fused-ring (bicyclic) bond motifs is 2. The Hall–Kier alpha value is -0.940. The van der Waals surface area contributed by atoms with Crippen LogP contribution in [-0.2, 0) is 26.2 Å². The summed E-state index contributed by atoms with van der Waals surface area (Å²) >= 11 is 0. The molecule has 0 aliphatic carbocycles. The minimum absolute atomic E-state index is 0.748. The molecule has 1 aromatic rings. The maximum Gasteiger partial charge on any atom is 0.0241 e. The van der Waals surface area contributed by atoms with E-state index in [1.54, 1.807) is 0 Å². The number of nitrogens with two attached hydrogens (primary N) is 2. The van der Waals surface area contributed by atoms with Crippen molar-refractivity contribution in [1.82, 2.24) is 9.80 Å². The second kappa shape index (κ2) is 4.97. The lowest BCUT2D eigenvalue weighted by atomic mass is 10.0. The zero-order valence-corrected chi connectivity index (χ0v) is 10.9. The average molecular weight is 246 g/mol. The summed E-state index contributed by atoms with van der Waals surface area (Å²) in [5.74, 6) is 0. The molecule has 0 spiro atoms. The highest BCUT2D eigenvalue weighted by atomic mass is 15.2. The van der Waals surface area contributed by atoms with E-state index in [1.165, 1.54) is 22.3 Å². The third-order valence-electron chi connectivity index (χ3n) is 3.99. The van der Waals surface area contributed by atoms with Crippen LogP contribution in [0.5, 0.6) is 0 Å². The molecular formula is C14H22N4. The Kier molecular flexibility index (Phi) is 3.35. The van der Waals surface area contributed by atoms with Gasteiger partial charge in [-0.3, -0.25) is 9.80 Å². The monoisotopic (exact) mass is 246 g/mol. The smallest absolute Gasteiger partial charge is 0.0241 e. The van der Waals surface area contributed by atoms with Crippen molar-refractivity contribution >= 4 is 0 Å². The van der Waals surface area contributed by atoms with Crippen LogP contribution >= 0.6 is 0 Å². The molecule has 4 heteroatoms. The summed E-state index contributed by atoms with van der Waals surface area (Å²) in [4.78, 5) is 4.86. The van der Waals surface area contributed by atoms with Crippen molar-refractivity contribution in [3.63, 3.8) is 0 Å². The highest BCUT2D eigenvalue weighted by Crippen LogP contribution is 2.30. The first kappa shape index (κ1) is 12.1. The molecule has 0 unspecified atom stereocenters. The van der Waals surface area contributed by atoms with E-state index in [0.717, 1.165) is 52.4 Å². The number of nitrogens with zero attached hydrogens (tertiary/aromatic N) is 2. The lowest BCUT2D eigenvalue weighted by Gasteiger charge is -2.13. The van der Waals surface area contributed by atoms with E-state index in [4.69, 9.17) is 11.5 Å². The van der Waals surface area contributed by atoms with E-state index >= 15 is 0 Å². The molecule has 4 nitrogen and oxygen atoms in total. The van der Waals surface area contributed by atoms with Gasteiger partial charge in [0.15, 0.2) is 0 Å². The summed E-state index contributed by atoms with van der Waals surface area (Å²) in [5, 5.41) is 0. The minimum atomic E-state index is 0.748. The van der Waals surface area contributed by atoms with Crippen molar-refractivity contribution in [2.45, 2.75) is 26.2 Å². The summed E-state index contributed by atoms with van der Waals surface area (Å²) in [6, 6.07) is 4.80. The topological polar surface area (TPSA) is 58.5 Å².